The Bertz CT molecular complexity index is 160. The van der Waals surface area contributed by atoms with Crippen LogP contribution in [0.1, 0.15) is 32.1 Å². The molecule has 2 aliphatic carbocycles. The van der Waals surface area contributed by atoms with Gasteiger partial charge in [-0.15, -0.1) is 0 Å². The largest absolute Gasteiger partial charge is 0.395 e. The first kappa shape index (κ1) is 7.56. The van der Waals surface area contributed by atoms with Crippen molar-refractivity contribution in [2.75, 3.05) is 6.61 Å². The predicted octanol–water partition coefficient (Wildman–Crippen LogP) is 0.886. The van der Waals surface area contributed by atoms with E-state index >= 15 is 0 Å². The summed E-state index contributed by atoms with van der Waals surface area (Å²) in [6.45, 7) is 0.161. The molecule has 0 heterocycles. The lowest BCUT2D eigenvalue weighted by Gasteiger charge is -2.15. The van der Waals surface area contributed by atoms with E-state index in [1.165, 1.54) is 25.7 Å². The zero-order valence-electron chi connectivity index (χ0n) is 6.92. The maximum absolute atomic E-state index is 8.80. The predicted molar refractivity (Wildman–Crippen MR) is 44.1 cm³/mol. The number of fused-ring (bicyclic) bond motifs is 1. The molecule has 2 fully saturated rings. The highest BCUT2D eigenvalue weighted by Gasteiger charge is 2.56. The van der Waals surface area contributed by atoms with Crippen LogP contribution in [0.5, 0.6) is 0 Å². The summed E-state index contributed by atoms with van der Waals surface area (Å²) in [4.78, 5) is 0. The molecule has 3 unspecified atom stereocenters. The first-order valence-electron chi connectivity index (χ1n) is 4.63. The van der Waals surface area contributed by atoms with Crippen LogP contribution in [-0.2, 0) is 0 Å². The second kappa shape index (κ2) is 2.46. The first-order chi connectivity index (χ1) is 5.27. The Balaban J connectivity index is 1.87. The first-order valence-corrected chi connectivity index (χ1v) is 4.63. The minimum atomic E-state index is 0.0399. The minimum Gasteiger partial charge on any atom is -0.395 e. The molecule has 0 spiro atoms. The van der Waals surface area contributed by atoms with Crippen molar-refractivity contribution in [2.24, 2.45) is 17.1 Å². The fraction of sp³-hybridized carbons (Fsp3) is 1.00. The SMILES string of the molecule is NC(CO)CC12CCCC1C2. The van der Waals surface area contributed by atoms with Crippen LogP contribution in [-0.4, -0.2) is 17.8 Å². The van der Waals surface area contributed by atoms with E-state index in [0.29, 0.717) is 5.41 Å². The summed E-state index contributed by atoms with van der Waals surface area (Å²) in [5, 5.41) is 8.80. The third kappa shape index (κ3) is 1.18. The average Bonchev–Trinajstić information content (AvgIpc) is 2.53. The van der Waals surface area contributed by atoms with Crippen molar-refractivity contribution in [1.29, 1.82) is 0 Å². The van der Waals surface area contributed by atoms with Gasteiger partial charge in [0.2, 0.25) is 0 Å². The van der Waals surface area contributed by atoms with Gasteiger partial charge in [-0.05, 0) is 37.0 Å². The van der Waals surface area contributed by atoms with Crippen LogP contribution in [0.4, 0.5) is 0 Å². The Hall–Kier alpha value is -0.0800. The van der Waals surface area contributed by atoms with E-state index in [1.807, 2.05) is 0 Å². The van der Waals surface area contributed by atoms with Crippen molar-refractivity contribution < 1.29 is 5.11 Å². The Morgan fingerprint density at radius 1 is 1.64 bits per heavy atom. The summed E-state index contributed by atoms with van der Waals surface area (Å²) in [7, 11) is 0. The molecule has 11 heavy (non-hydrogen) atoms. The zero-order chi connectivity index (χ0) is 7.90. The lowest BCUT2D eigenvalue weighted by Crippen LogP contribution is -2.28. The maximum atomic E-state index is 8.80. The molecule has 64 valence electrons. The van der Waals surface area contributed by atoms with Crippen LogP contribution >= 0.6 is 0 Å². The summed E-state index contributed by atoms with van der Waals surface area (Å²) >= 11 is 0. The van der Waals surface area contributed by atoms with Crippen molar-refractivity contribution in [3.8, 4) is 0 Å². The van der Waals surface area contributed by atoms with Gasteiger partial charge in [-0.1, -0.05) is 6.42 Å². The molecule has 0 amide bonds. The Morgan fingerprint density at radius 3 is 2.91 bits per heavy atom. The number of rotatable bonds is 3. The molecule has 0 radical (unpaired) electrons. The van der Waals surface area contributed by atoms with Crippen molar-refractivity contribution >= 4 is 0 Å². The molecule has 2 saturated carbocycles. The quantitative estimate of drug-likeness (QED) is 0.635. The van der Waals surface area contributed by atoms with Crippen molar-refractivity contribution in [2.45, 2.75) is 38.1 Å². The number of hydrogen-bond acceptors (Lipinski definition) is 2. The molecule has 3 N–H and O–H groups in total. The van der Waals surface area contributed by atoms with Crippen molar-refractivity contribution in [3.05, 3.63) is 0 Å². The lowest BCUT2D eigenvalue weighted by atomic mass is 9.95. The van der Waals surface area contributed by atoms with Gasteiger partial charge in [0, 0.05) is 6.04 Å². The molecule has 0 aromatic heterocycles. The molecule has 0 bridgehead atoms. The molecular weight excluding hydrogens is 138 g/mol. The van der Waals surface area contributed by atoms with E-state index in [1.54, 1.807) is 0 Å². The Morgan fingerprint density at radius 2 is 2.45 bits per heavy atom. The summed E-state index contributed by atoms with van der Waals surface area (Å²) in [5.41, 5.74) is 6.31. The second-order valence-corrected chi connectivity index (χ2v) is 4.30. The molecule has 0 aromatic rings. The van der Waals surface area contributed by atoms with E-state index in [9.17, 15) is 0 Å². The van der Waals surface area contributed by atoms with Gasteiger partial charge in [-0.3, -0.25) is 0 Å². The molecule has 2 nitrogen and oxygen atoms in total. The van der Waals surface area contributed by atoms with Crippen LogP contribution in [0.2, 0.25) is 0 Å². The van der Waals surface area contributed by atoms with Crippen LogP contribution in [0.3, 0.4) is 0 Å². The highest BCUT2D eigenvalue weighted by atomic mass is 16.3. The summed E-state index contributed by atoms with van der Waals surface area (Å²) < 4.78 is 0. The molecule has 0 aliphatic heterocycles. The van der Waals surface area contributed by atoms with E-state index in [0.717, 1.165) is 12.3 Å². The van der Waals surface area contributed by atoms with E-state index < -0.39 is 0 Å². The Labute approximate surface area is 67.8 Å². The molecule has 2 heteroatoms. The molecule has 0 saturated heterocycles. The monoisotopic (exact) mass is 155 g/mol. The van der Waals surface area contributed by atoms with Gasteiger partial charge in [-0.25, -0.2) is 0 Å². The molecule has 0 aromatic carbocycles. The van der Waals surface area contributed by atoms with Gasteiger partial charge in [-0.2, -0.15) is 0 Å². The third-order valence-electron chi connectivity index (χ3n) is 3.49. The van der Waals surface area contributed by atoms with Gasteiger partial charge in [0.15, 0.2) is 0 Å². The lowest BCUT2D eigenvalue weighted by molar-refractivity contribution is 0.237. The van der Waals surface area contributed by atoms with Crippen LogP contribution in [0.15, 0.2) is 0 Å². The van der Waals surface area contributed by atoms with Crippen molar-refractivity contribution in [1.82, 2.24) is 0 Å². The minimum absolute atomic E-state index is 0.0399. The standard InChI is InChI=1S/C9H17NO/c10-8(6-11)5-9-3-1-2-7(9)4-9/h7-8,11H,1-6,10H2. The number of nitrogens with two attached hydrogens (primary N) is 1. The van der Waals surface area contributed by atoms with Crippen molar-refractivity contribution in [3.63, 3.8) is 0 Å². The second-order valence-electron chi connectivity index (χ2n) is 4.30. The highest BCUT2D eigenvalue weighted by molar-refractivity contribution is 5.07. The fourth-order valence-electron chi connectivity index (χ4n) is 2.79. The average molecular weight is 155 g/mol. The summed E-state index contributed by atoms with van der Waals surface area (Å²) in [6, 6.07) is 0.0399. The zero-order valence-corrected chi connectivity index (χ0v) is 6.92. The topological polar surface area (TPSA) is 46.2 Å². The van der Waals surface area contributed by atoms with E-state index in [4.69, 9.17) is 10.8 Å². The number of aliphatic hydroxyl groups is 1. The van der Waals surface area contributed by atoms with Gasteiger partial charge in [0.05, 0.1) is 6.61 Å². The third-order valence-corrected chi connectivity index (χ3v) is 3.49. The summed E-state index contributed by atoms with van der Waals surface area (Å²) in [5.74, 6) is 0.972. The molecule has 3 atom stereocenters. The highest BCUT2D eigenvalue weighted by Crippen LogP contribution is 2.65. The molecule has 2 rings (SSSR count). The number of aliphatic hydroxyl groups excluding tert-OH is 1. The van der Waals surface area contributed by atoms with E-state index in [-0.39, 0.29) is 12.6 Å². The van der Waals surface area contributed by atoms with Crippen LogP contribution in [0.25, 0.3) is 0 Å². The number of hydrogen-bond donors (Lipinski definition) is 2. The molecule has 2 aliphatic rings. The van der Waals surface area contributed by atoms with Gasteiger partial charge < -0.3 is 10.8 Å². The van der Waals surface area contributed by atoms with Crippen LogP contribution < -0.4 is 5.73 Å². The van der Waals surface area contributed by atoms with Gasteiger partial charge in [0.25, 0.3) is 0 Å². The Kier molecular flexibility index (Phi) is 1.69. The van der Waals surface area contributed by atoms with Gasteiger partial charge >= 0.3 is 0 Å². The van der Waals surface area contributed by atoms with Gasteiger partial charge in [0.1, 0.15) is 0 Å². The summed E-state index contributed by atoms with van der Waals surface area (Å²) in [6.07, 6.45) is 6.63. The smallest absolute Gasteiger partial charge is 0.0582 e. The van der Waals surface area contributed by atoms with E-state index in [2.05, 4.69) is 0 Å². The van der Waals surface area contributed by atoms with Crippen LogP contribution in [0, 0.1) is 11.3 Å². The molecular formula is C9H17NO. The maximum Gasteiger partial charge on any atom is 0.0582 e. The normalized spacial score (nSPS) is 43.6. The fourth-order valence-corrected chi connectivity index (χ4v) is 2.79.